The molecule has 0 spiro atoms. The molecule has 0 radical (unpaired) electrons. The van der Waals surface area contributed by atoms with E-state index in [0.29, 0.717) is 19.8 Å². The van der Waals surface area contributed by atoms with Gasteiger partial charge >= 0.3 is 0 Å². The molecule has 1 heterocycles. The third kappa shape index (κ3) is 5.12. The fraction of sp³-hybridized carbons (Fsp3) is 0.562. The molecule has 0 aliphatic carbocycles. The summed E-state index contributed by atoms with van der Waals surface area (Å²) in [6, 6.07) is 5.96. The number of morpholine rings is 1. The smallest absolute Gasteiger partial charge is 0.234 e. The summed E-state index contributed by atoms with van der Waals surface area (Å²) in [6.45, 7) is 7.53. The van der Waals surface area contributed by atoms with E-state index in [1.807, 2.05) is 26.0 Å². The normalized spacial score (nSPS) is 17.5. The molecule has 0 bridgehead atoms. The number of benzene rings is 1. The van der Waals surface area contributed by atoms with Gasteiger partial charge in [-0.05, 0) is 19.4 Å². The van der Waals surface area contributed by atoms with Crippen LogP contribution in [-0.4, -0.2) is 55.3 Å². The van der Waals surface area contributed by atoms with Gasteiger partial charge in [0.2, 0.25) is 5.91 Å². The van der Waals surface area contributed by atoms with E-state index in [9.17, 15) is 9.90 Å². The van der Waals surface area contributed by atoms with Crippen molar-refractivity contribution in [2.45, 2.75) is 20.0 Å². The lowest BCUT2D eigenvalue weighted by Crippen LogP contribution is -2.43. The van der Waals surface area contributed by atoms with Gasteiger partial charge in [0, 0.05) is 19.6 Å². The van der Waals surface area contributed by atoms with Crippen LogP contribution in [0.25, 0.3) is 0 Å². The third-order valence-corrected chi connectivity index (χ3v) is 3.59. The molecule has 1 saturated heterocycles. The number of hydrogen-bond acceptors (Lipinski definition) is 4. The molecule has 21 heavy (non-hydrogen) atoms. The first-order valence-electron chi connectivity index (χ1n) is 7.37. The molecule has 1 atom stereocenters. The Balaban J connectivity index is 1.79. The second-order valence-electron chi connectivity index (χ2n) is 5.63. The van der Waals surface area contributed by atoms with Crippen molar-refractivity contribution in [2.24, 2.45) is 0 Å². The number of ether oxygens (including phenoxy) is 1. The van der Waals surface area contributed by atoms with Crippen LogP contribution in [0.5, 0.6) is 0 Å². The standard InChI is InChI=1S/C16H24N2O3/c1-12-7-13(2)9-14(8-12)15(19)10-17-16(20)11-18-3-5-21-6-4-18/h7-9,15,19H,3-6,10-11H2,1-2H3,(H,17,20). The van der Waals surface area contributed by atoms with Crippen molar-refractivity contribution in [3.63, 3.8) is 0 Å². The SMILES string of the molecule is Cc1cc(C)cc(C(O)CNC(=O)CN2CCOCC2)c1. The lowest BCUT2D eigenvalue weighted by atomic mass is 10.0. The molecule has 0 aromatic heterocycles. The first-order valence-corrected chi connectivity index (χ1v) is 7.37. The number of carbonyl (C=O) groups is 1. The summed E-state index contributed by atoms with van der Waals surface area (Å²) in [4.78, 5) is 13.9. The van der Waals surface area contributed by atoms with E-state index in [1.165, 1.54) is 0 Å². The van der Waals surface area contributed by atoms with Gasteiger partial charge in [-0.25, -0.2) is 0 Å². The molecule has 1 aliphatic heterocycles. The number of rotatable bonds is 5. The molecule has 5 nitrogen and oxygen atoms in total. The second kappa shape index (κ2) is 7.54. The van der Waals surface area contributed by atoms with Gasteiger partial charge in [0.05, 0.1) is 25.9 Å². The topological polar surface area (TPSA) is 61.8 Å². The van der Waals surface area contributed by atoms with Crippen LogP contribution in [0.15, 0.2) is 18.2 Å². The summed E-state index contributed by atoms with van der Waals surface area (Å²) in [7, 11) is 0. The Morgan fingerprint density at radius 2 is 1.90 bits per heavy atom. The van der Waals surface area contributed by atoms with E-state index in [-0.39, 0.29) is 12.5 Å². The minimum atomic E-state index is -0.669. The van der Waals surface area contributed by atoms with Crippen LogP contribution in [0, 0.1) is 13.8 Å². The number of hydrogen-bond donors (Lipinski definition) is 2. The van der Waals surface area contributed by atoms with Crippen LogP contribution in [0.3, 0.4) is 0 Å². The maximum Gasteiger partial charge on any atom is 0.234 e. The summed E-state index contributed by atoms with van der Waals surface area (Å²) in [5.41, 5.74) is 3.08. The van der Waals surface area contributed by atoms with Crippen LogP contribution in [0.2, 0.25) is 0 Å². The zero-order valence-corrected chi connectivity index (χ0v) is 12.8. The first kappa shape index (κ1) is 15.9. The zero-order chi connectivity index (χ0) is 15.2. The average Bonchev–Trinajstić information content (AvgIpc) is 2.45. The van der Waals surface area contributed by atoms with E-state index >= 15 is 0 Å². The van der Waals surface area contributed by atoms with Crippen LogP contribution < -0.4 is 5.32 Å². The van der Waals surface area contributed by atoms with Gasteiger partial charge in [0.25, 0.3) is 0 Å². The maximum absolute atomic E-state index is 11.9. The Labute approximate surface area is 125 Å². The molecule has 2 rings (SSSR count). The van der Waals surface area contributed by atoms with E-state index in [2.05, 4.69) is 16.3 Å². The molecule has 116 valence electrons. The zero-order valence-electron chi connectivity index (χ0n) is 12.8. The maximum atomic E-state index is 11.9. The van der Waals surface area contributed by atoms with Gasteiger partial charge in [0.15, 0.2) is 0 Å². The Hall–Kier alpha value is -1.43. The second-order valence-corrected chi connectivity index (χ2v) is 5.63. The number of nitrogens with zero attached hydrogens (tertiary/aromatic N) is 1. The van der Waals surface area contributed by atoms with Crippen molar-refractivity contribution in [1.82, 2.24) is 10.2 Å². The van der Waals surface area contributed by atoms with E-state index in [0.717, 1.165) is 29.8 Å². The summed E-state index contributed by atoms with van der Waals surface area (Å²) < 4.78 is 5.25. The highest BCUT2D eigenvalue weighted by molar-refractivity contribution is 5.78. The summed E-state index contributed by atoms with van der Waals surface area (Å²) in [6.07, 6.45) is -0.669. The number of aliphatic hydroxyl groups is 1. The monoisotopic (exact) mass is 292 g/mol. The highest BCUT2D eigenvalue weighted by atomic mass is 16.5. The molecular weight excluding hydrogens is 268 g/mol. The van der Waals surface area contributed by atoms with Gasteiger partial charge < -0.3 is 15.2 Å². The van der Waals surface area contributed by atoms with Crippen LogP contribution >= 0.6 is 0 Å². The number of aliphatic hydroxyl groups excluding tert-OH is 1. The summed E-state index contributed by atoms with van der Waals surface area (Å²) in [5, 5.41) is 13.0. The quantitative estimate of drug-likeness (QED) is 0.842. The van der Waals surface area contributed by atoms with Crippen molar-refractivity contribution in [1.29, 1.82) is 0 Å². The highest BCUT2D eigenvalue weighted by Gasteiger charge is 2.15. The molecule has 1 aromatic rings. The number of amides is 1. The molecule has 1 aliphatic rings. The fourth-order valence-electron chi connectivity index (χ4n) is 2.55. The summed E-state index contributed by atoms with van der Waals surface area (Å²) >= 11 is 0. The van der Waals surface area contributed by atoms with Crippen molar-refractivity contribution in [3.8, 4) is 0 Å². The Morgan fingerprint density at radius 3 is 2.52 bits per heavy atom. The fourth-order valence-corrected chi connectivity index (χ4v) is 2.55. The Bertz CT molecular complexity index is 464. The van der Waals surface area contributed by atoms with Crippen molar-refractivity contribution in [3.05, 3.63) is 34.9 Å². The predicted molar refractivity (Wildman–Crippen MR) is 81.1 cm³/mol. The number of nitrogens with one attached hydrogen (secondary N) is 1. The molecule has 1 fully saturated rings. The molecule has 5 heteroatoms. The Morgan fingerprint density at radius 1 is 1.29 bits per heavy atom. The molecule has 0 saturated carbocycles. The van der Waals surface area contributed by atoms with Gasteiger partial charge in [0.1, 0.15) is 0 Å². The third-order valence-electron chi connectivity index (χ3n) is 3.59. The Kier molecular flexibility index (Phi) is 5.73. The largest absolute Gasteiger partial charge is 0.387 e. The van der Waals surface area contributed by atoms with E-state index in [4.69, 9.17) is 4.74 Å². The number of carbonyl (C=O) groups excluding carboxylic acids is 1. The van der Waals surface area contributed by atoms with Gasteiger partial charge in [-0.2, -0.15) is 0 Å². The van der Waals surface area contributed by atoms with E-state index < -0.39 is 6.10 Å². The van der Waals surface area contributed by atoms with Gasteiger partial charge in [-0.3, -0.25) is 9.69 Å². The molecule has 2 N–H and O–H groups in total. The minimum Gasteiger partial charge on any atom is -0.387 e. The van der Waals surface area contributed by atoms with Crippen LogP contribution in [-0.2, 0) is 9.53 Å². The molecule has 1 unspecified atom stereocenters. The molecular formula is C16H24N2O3. The van der Waals surface area contributed by atoms with Gasteiger partial charge in [-0.15, -0.1) is 0 Å². The minimum absolute atomic E-state index is 0.0553. The first-order chi connectivity index (χ1) is 10.0. The summed E-state index contributed by atoms with van der Waals surface area (Å²) in [5.74, 6) is -0.0553. The van der Waals surface area contributed by atoms with Crippen molar-refractivity contribution >= 4 is 5.91 Å². The molecule has 1 aromatic carbocycles. The highest BCUT2D eigenvalue weighted by Crippen LogP contribution is 2.16. The average molecular weight is 292 g/mol. The number of aryl methyl sites for hydroxylation is 2. The van der Waals surface area contributed by atoms with E-state index in [1.54, 1.807) is 0 Å². The molecule has 1 amide bonds. The van der Waals surface area contributed by atoms with Crippen LogP contribution in [0.1, 0.15) is 22.8 Å². The van der Waals surface area contributed by atoms with Crippen molar-refractivity contribution in [2.75, 3.05) is 39.4 Å². The van der Waals surface area contributed by atoms with Crippen molar-refractivity contribution < 1.29 is 14.6 Å². The van der Waals surface area contributed by atoms with Crippen LogP contribution in [0.4, 0.5) is 0 Å². The lowest BCUT2D eigenvalue weighted by molar-refractivity contribution is -0.123. The van der Waals surface area contributed by atoms with Gasteiger partial charge in [-0.1, -0.05) is 29.3 Å². The lowest BCUT2D eigenvalue weighted by Gasteiger charge is -2.26. The predicted octanol–water partition coefficient (Wildman–Crippen LogP) is 0.785.